The van der Waals surface area contributed by atoms with E-state index in [2.05, 4.69) is 17.2 Å². The highest BCUT2D eigenvalue weighted by Gasteiger charge is 2.19. The minimum absolute atomic E-state index is 0.0326. The Morgan fingerprint density at radius 2 is 2.40 bits per heavy atom. The smallest absolute Gasteiger partial charge is 0.252 e. The Kier molecular flexibility index (Phi) is 5.10. The maximum Gasteiger partial charge on any atom is 0.252 e. The van der Waals surface area contributed by atoms with Gasteiger partial charge in [0.2, 0.25) is 0 Å². The van der Waals surface area contributed by atoms with Gasteiger partial charge in [0.05, 0.1) is 24.8 Å². The number of benzene rings is 1. The van der Waals surface area contributed by atoms with Crippen LogP contribution in [0.5, 0.6) is 0 Å². The summed E-state index contributed by atoms with van der Waals surface area (Å²) >= 11 is 0. The number of carbonyl (C=O) groups is 1. The zero-order chi connectivity index (χ0) is 14.4. The van der Waals surface area contributed by atoms with Gasteiger partial charge in [-0.15, -0.1) is 0 Å². The van der Waals surface area contributed by atoms with E-state index in [0.717, 1.165) is 19.4 Å². The van der Waals surface area contributed by atoms with E-state index in [0.29, 0.717) is 12.2 Å². The van der Waals surface area contributed by atoms with Crippen molar-refractivity contribution in [1.82, 2.24) is 5.32 Å². The van der Waals surface area contributed by atoms with Crippen molar-refractivity contribution < 1.29 is 13.9 Å². The molecule has 5 heteroatoms. The van der Waals surface area contributed by atoms with E-state index >= 15 is 0 Å². The van der Waals surface area contributed by atoms with Crippen LogP contribution >= 0.6 is 0 Å². The number of amides is 1. The molecular weight excluding hydrogens is 259 g/mol. The van der Waals surface area contributed by atoms with Crippen LogP contribution < -0.4 is 11.1 Å². The van der Waals surface area contributed by atoms with E-state index in [4.69, 9.17) is 10.5 Å². The van der Waals surface area contributed by atoms with Crippen LogP contribution in [0.4, 0.5) is 4.39 Å². The summed E-state index contributed by atoms with van der Waals surface area (Å²) in [7, 11) is 0. The van der Waals surface area contributed by atoms with Gasteiger partial charge in [-0.1, -0.05) is 11.8 Å². The van der Waals surface area contributed by atoms with Crippen LogP contribution in [0.15, 0.2) is 18.2 Å². The molecule has 1 aromatic rings. The molecule has 2 rings (SSSR count). The van der Waals surface area contributed by atoms with Crippen LogP contribution in [0.2, 0.25) is 0 Å². The van der Waals surface area contributed by atoms with Crippen molar-refractivity contribution in [2.45, 2.75) is 18.9 Å². The van der Waals surface area contributed by atoms with Crippen LogP contribution in [0.3, 0.4) is 0 Å². The maximum absolute atomic E-state index is 13.3. The number of hydrogen-bond donors (Lipinski definition) is 2. The third-order valence-corrected chi connectivity index (χ3v) is 3.05. The Balaban J connectivity index is 2.16. The average Bonchev–Trinajstić information content (AvgIpc) is 2.47. The van der Waals surface area contributed by atoms with Crippen LogP contribution in [0.1, 0.15) is 28.8 Å². The average molecular weight is 276 g/mol. The molecule has 1 atom stereocenters. The summed E-state index contributed by atoms with van der Waals surface area (Å²) < 4.78 is 18.6. The Morgan fingerprint density at radius 3 is 3.10 bits per heavy atom. The van der Waals surface area contributed by atoms with Crippen LogP contribution in [-0.4, -0.2) is 31.7 Å². The van der Waals surface area contributed by atoms with E-state index in [1.54, 1.807) is 0 Å². The Hall–Kier alpha value is -1.90. The Labute approximate surface area is 117 Å². The minimum atomic E-state index is -0.464. The predicted molar refractivity (Wildman–Crippen MR) is 73.6 cm³/mol. The molecule has 1 unspecified atom stereocenters. The lowest BCUT2D eigenvalue weighted by Gasteiger charge is -2.23. The first-order valence-electron chi connectivity index (χ1n) is 6.58. The van der Waals surface area contributed by atoms with Gasteiger partial charge in [0.25, 0.3) is 5.91 Å². The molecule has 3 N–H and O–H groups in total. The lowest BCUT2D eigenvalue weighted by Crippen LogP contribution is -2.40. The van der Waals surface area contributed by atoms with Crippen LogP contribution in [-0.2, 0) is 4.74 Å². The first-order chi connectivity index (χ1) is 9.70. The second-order valence-electron chi connectivity index (χ2n) is 4.58. The molecule has 0 radical (unpaired) electrons. The lowest BCUT2D eigenvalue weighted by molar-refractivity contribution is 0.0624. The fraction of sp³-hybridized carbons (Fsp3) is 0.400. The fourth-order valence-corrected chi connectivity index (χ4v) is 2.08. The second-order valence-corrected chi connectivity index (χ2v) is 4.58. The summed E-state index contributed by atoms with van der Waals surface area (Å²) in [5.74, 6) is 4.66. The second kappa shape index (κ2) is 7.04. The highest BCUT2D eigenvalue weighted by atomic mass is 19.1. The van der Waals surface area contributed by atoms with E-state index in [9.17, 15) is 9.18 Å². The third kappa shape index (κ3) is 3.80. The molecule has 1 aromatic carbocycles. The molecule has 1 heterocycles. The molecule has 106 valence electrons. The normalized spacial score (nSPS) is 18.0. The van der Waals surface area contributed by atoms with Gasteiger partial charge in [0, 0.05) is 12.2 Å². The van der Waals surface area contributed by atoms with Crippen LogP contribution in [0, 0.1) is 17.7 Å². The molecule has 0 saturated carbocycles. The number of carbonyl (C=O) groups excluding carboxylic acids is 1. The van der Waals surface area contributed by atoms with Crippen molar-refractivity contribution in [2.75, 3.05) is 19.8 Å². The number of nitrogens with one attached hydrogen (secondary N) is 1. The standard InChI is InChI=1S/C15H17FN2O2/c16-12-6-5-11(3-1-7-17)14(9-12)15(19)18-13-4-2-8-20-10-13/h5-6,9,13H,2,4,7-8,10,17H2,(H,18,19). The first kappa shape index (κ1) is 14.5. The van der Waals surface area contributed by atoms with Crippen molar-refractivity contribution in [1.29, 1.82) is 0 Å². The minimum Gasteiger partial charge on any atom is -0.379 e. The largest absolute Gasteiger partial charge is 0.379 e. The molecule has 0 aromatic heterocycles. The zero-order valence-electron chi connectivity index (χ0n) is 11.1. The number of nitrogens with two attached hydrogens (primary N) is 1. The molecular formula is C15H17FN2O2. The van der Waals surface area contributed by atoms with Crippen molar-refractivity contribution in [3.8, 4) is 11.8 Å². The molecule has 4 nitrogen and oxygen atoms in total. The summed E-state index contributed by atoms with van der Waals surface area (Å²) in [6.45, 7) is 1.40. The van der Waals surface area contributed by atoms with Gasteiger partial charge in [-0.2, -0.15) is 0 Å². The van der Waals surface area contributed by atoms with Gasteiger partial charge in [-0.05, 0) is 31.0 Å². The molecule has 0 aliphatic carbocycles. The predicted octanol–water partition coefficient (Wildman–Crippen LogP) is 1.04. The number of halogens is 1. The summed E-state index contributed by atoms with van der Waals surface area (Å²) in [4.78, 5) is 12.2. The van der Waals surface area contributed by atoms with Crippen molar-refractivity contribution in [3.63, 3.8) is 0 Å². The SMILES string of the molecule is NCC#Cc1ccc(F)cc1C(=O)NC1CCCOC1. The van der Waals surface area contributed by atoms with Gasteiger partial charge < -0.3 is 15.8 Å². The molecule has 0 spiro atoms. The van der Waals surface area contributed by atoms with Crippen molar-refractivity contribution in [3.05, 3.63) is 35.1 Å². The number of ether oxygens (including phenoxy) is 1. The molecule has 1 fully saturated rings. The molecule has 1 aliphatic heterocycles. The van der Waals surface area contributed by atoms with Crippen molar-refractivity contribution >= 4 is 5.91 Å². The van der Waals surface area contributed by atoms with Crippen LogP contribution in [0.25, 0.3) is 0 Å². The lowest BCUT2D eigenvalue weighted by atomic mass is 10.1. The summed E-state index contributed by atoms with van der Waals surface area (Å²) in [6.07, 6.45) is 1.78. The van der Waals surface area contributed by atoms with E-state index in [1.165, 1.54) is 18.2 Å². The first-order valence-corrected chi connectivity index (χ1v) is 6.58. The molecule has 1 aliphatic rings. The summed E-state index contributed by atoms with van der Waals surface area (Å²) in [5, 5.41) is 2.85. The third-order valence-electron chi connectivity index (χ3n) is 3.05. The Morgan fingerprint density at radius 1 is 1.55 bits per heavy atom. The summed E-state index contributed by atoms with van der Waals surface area (Å²) in [6, 6.07) is 3.93. The van der Waals surface area contributed by atoms with E-state index in [1.807, 2.05) is 0 Å². The van der Waals surface area contributed by atoms with Gasteiger partial charge in [-0.3, -0.25) is 4.79 Å². The zero-order valence-corrected chi connectivity index (χ0v) is 11.1. The van der Waals surface area contributed by atoms with Gasteiger partial charge >= 0.3 is 0 Å². The molecule has 20 heavy (non-hydrogen) atoms. The monoisotopic (exact) mass is 276 g/mol. The van der Waals surface area contributed by atoms with E-state index < -0.39 is 5.82 Å². The topological polar surface area (TPSA) is 64.4 Å². The van der Waals surface area contributed by atoms with E-state index in [-0.39, 0.29) is 24.1 Å². The van der Waals surface area contributed by atoms with Crippen molar-refractivity contribution in [2.24, 2.45) is 5.73 Å². The molecule has 1 amide bonds. The highest BCUT2D eigenvalue weighted by Crippen LogP contribution is 2.12. The van der Waals surface area contributed by atoms with Gasteiger partial charge in [-0.25, -0.2) is 4.39 Å². The maximum atomic E-state index is 13.3. The van der Waals surface area contributed by atoms with Gasteiger partial charge in [0.1, 0.15) is 5.82 Å². The quantitative estimate of drug-likeness (QED) is 0.793. The summed E-state index contributed by atoms with van der Waals surface area (Å²) in [5.41, 5.74) is 6.03. The number of hydrogen-bond acceptors (Lipinski definition) is 3. The Bertz CT molecular complexity index is 543. The molecule has 1 saturated heterocycles. The molecule has 0 bridgehead atoms. The highest BCUT2D eigenvalue weighted by molar-refractivity contribution is 5.97. The number of rotatable bonds is 2. The fourth-order valence-electron chi connectivity index (χ4n) is 2.08. The van der Waals surface area contributed by atoms with Gasteiger partial charge in [0.15, 0.2) is 0 Å².